The zero-order valence-corrected chi connectivity index (χ0v) is 11.4. The van der Waals surface area contributed by atoms with Crippen LogP contribution in [-0.4, -0.2) is 20.4 Å². The molecule has 0 atom stereocenters. The molecule has 2 rings (SSSR count). The molecule has 2 aromatic rings. The molecule has 0 saturated carbocycles. The third-order valence-corrected chi connectivity index (χ3v) is 4.44. The van der Waals surface area contributed by atoms with Crippen LogP contribution >= 0.6 is 34.7 Å². The number of hydrogen-bond acceptors (Lipinski definition) is 6. The lowest BCUT2D eigenvalue weighted by Crippen LogP contribution is -1.94. The van der Waals surface area contributed by atoms with Gasteiger partial charge in [-0.15, -0.1) is 20.4 Å². The van der Waals surface area contributed by atoms with Crippen LogP contribution in [-0.2, 0) is 0 Å². The average Bonchev–Trinajstić information content (AvgIpc) is 2.65. The molecule has 0 bridgehead atoms. The fourth-order valence-corrected chi connectivity index (χ4v) is 3.05. The number of hydrogen-bond donors (Lipinski definition) is 0. The topological polar surface area (TPSA) is 51.6 Å². The maximum Gasteiger partial charge on any atom is 0.180 e. The third-order valence-electron chi connectivity index (χ3n) is 2.11. The number of aryl methyl sites for hydroxylation is 1. The minimum Gasteiger partial charge on any atom is -0.143 e. The molecule has 0 radical (unpaired) electrons. The van der Waals surface area contributed by atoms with Crippen molar-refractivity contribution in [1.82, 2.24) is 20.4 Å². The summed E-state index contributed by atoms with van der Waals surface area (Å²) in [6.07, 6.45) is 0. The van der Waals surface area contributed by atoms with E-state index in [-0.39, 0.29) is 0 Å². The fraction of sp³-hybridized carbons (Fsp3) is 0.333. The summed E-state index contributed by atoms with van der Waals surface area (Å²) in [6.45, 7) is 5.83. The lowest BCUT2D eigenvalue weighted by Gasteiger charge is -2.04. The summed E-state index contributed by atoms with van der Waals surface area (Å²) in [6, 6.07) is 0. The van der Waals surface area contributed by atoms with Gasteiger partial charge in [-0.05, 0) is 43.7 Å². The van der Waals surface area contributed by atoms with E-state index in [0.717, 1.165) is 25.5 Å². The molecule has 0 unspecified atom stereocenters. The van der Waals surface area contributed by atoms with E-state index < -0.39 is 0 Å². The van der Waals surface area contributed by atoms with Crippen molar-refractivity contribution in [2.75, 3.05) is 0 Å². The first-order chi connectivity index (χ1) is 7.58. The van der Waals surface area contributed by atoms with E-state index in [1.165, 1.54) is 11.8 Å². The Bertz CT molecular complexity index is 526. The van der Waals surface area contributed by atoms with E-state index in [1.54, 1.807) is 11.3 Å². The molecule has 2 aromatic heterocycles. The van der Waals surface area contributed by atoms with Crippen LogP contribution in [0.25, 0.3) is 0 Å². The molecule has 0 saturated heterocycles. The van der Waals surface area contributed by atoms with Gasteiger partial charge in [0.25, 0.3) is 0 Å². The minimum atomic E-state index is 0.454. The van der Waals surface area contributed by atoms with E-state index in [4.69, 9.17) is 11.6 Å². The Morgan fingerprint density at radius 1 is 1.00 bits per heavy atom. The Kier molecular flexibility index (Phi) is 3.41. The Morgan fingerprint density at radius 2 is 1.75 bits per heavy atom. The molecular formula is C9H9ClN4S2. The van der Waals surface area contributed by atoms with Gasteiger partial charge in [0.1, 0.15) is 10.0 Å². The van der Waals surface area contributed by atoms with Gasteiger partial charge >= 0.3 is 0 Å². The van der Waals surface area contributed by atoms with Gasteiger partial charge in [-0.3, -0.25) is 0 Å². The molecule has 0 aliphatic heterocycles. The van der Waals surface area contributed by atoms with Gasteiger partial charge in [0.15, 0.2) is 9.49 Å². The minimum absolute atomic E-state index is 0.454. The van der Waals surface area contributed by atoms with E-state index in [9.17, 15) is 0 Å². The van der Waals surface area contributed by atoms with Crippen molar-refractivity contribution >= 4 is 34.7 Å². The van der Waals surface area contributed by atoms with Crippen molar-refractivity contribution in [2.45, 2.75) is 30.1 Å². The molecule has 0 aromatic carbocycles. The highest BCUT2D eigenvalue weighted by atomic mass is 35.5. The highest BCUT2D eigenvalue weighted by Crippen LogP contribution is 2.32. The molecule has 2 heterocycles. The largest absolute Gasteiger partial charge is 0.180 e. The van der Waals surface area contributed by atoms with Crippen LogP contribution < -0.4 is 0 Å². The lowest BCUT2D eigenvalue weighted by molar-refractivity contribution is 0.888. The standard InChI is InChI=1S/C9H9ClN4S2/c1-4-5(2)8(13-12-7(4)10)16-9-14-11-6(3)15-9/h1-3H3. The Morgan fingerprint density at radius 3 is 2.38 bits per heavy atom. The van der Waals surface area contributed by atoms with Crippen molar-refractivity contribution < 1.29 is 0 Å². The van der Waals surface area contributed by atoms with Crippen molar-refractivity contribution in [2.24, 2.45) is 0 Å². The highest BCUT2D eigenvalue weighted by Gasteiger charge is 2.11. The van der Waals surface area contributed by atoms with E-state index in [0.29, 0.717) is 5.15 Å². The second kappa shape index (κ2) is 4.65. The highest BCUT2D eigenvalue weighted by molar-refractivity contribution is 8.01. The number of aromatic nitrogens is 4. The summed E-state index contributed by atoms with van der Waals surface area (Å²) in [4.78, 5) is 0. The number of rotatable bonds is 2. The molecule has 0 N–H and O–H groups in total. The molecular weight excluding hydrogens is 264 g/mol. The van der Waals surface area contributed by atoms with E-state index in [1.807, 2.05) is 20.8 Å². The van der Waals surface area contributed by atoms with Gasteiger partial charge < -0.3 is 0 Å². The maximum atomic E-state index is 5.88. The molecule has 0 aliphatic carbocycles. The van der Waals surface area contributed by atoms with Gasteiger partial charge in [-0.2, -0.15) is 0 Å². The first-order valence-electron chi connectivity index (χ1n) is 4.55. The monoisotopic (exact) mass is 272 g/mol. The van der Waals surface area contributed by atoms with Crippen LogP contribution in [0.3, 0.4) is 0 Å². The predicted octanol–water partition coefficient (Wildman–Crippen LogP) is 3.06. The molecule has 0 fully saturated rings. The normalized spacial score (nSPS) is 10.8. The Hall–Kier alpha value is -0.720. The summed E-state index contributed by atoms with van der Waals surface area (Å²) in [5.74, 6) is 0. The van der Waals surface area contributed by atoms with Crippen molar-refractivity contribution in [3.8, 4) is 0 Å². The smallest absolute Gasteiger partial charge is 0.143 e. The van der Waals surface area contributed by atoms with Crippen molar-refractivity contribution in [3.05, 3.63) is 21.3 Å². The van der Waals surface area contributed by atoms with Gasteiger partial charge in [0, 0.05) is 0 Å². The zero-order valence-electron chi connectivity index (χ0n) is 8.98. The van der Waals surface area contributed by atoms with Crippen LogP contribution in [0.4, 0.5) is 0 Å². The zero-order chi connectivity index (χ0) is 11.7. The van der Waals surface area contributed by atoms with Crippen LogP contribution in [0.15, 0.2) is 9.37 Å². The van der Waals surface area contributed by atoms with Crippen LogP contribution in [0.2, 0.25) is 5.15 Å². The van der Waals surface area contributed by atoms with Gasteiger partial charge in [-0.1, -0.05) is 22.9 Å². The molecule has 16 heavy (non-hydrogen) atoms. The molecule has 0 spiro atoms. The third kappa shape index (κ3) is 2.34. The van der Waals surface area contributed by atoms with Crippen molar-refractivity contribution in [3.63, 3.8) is 0 Å². The van der Waals surface area contributed by atoms with Crippen LogP contribution in [0, 0.1) is 20.8 Å². The first-order valence-corrected chi connectivity index (χ1v) is 6.56. The van der Waals surface area contributed by atoms with E-state index >= 15 is 0 Å². The molecule has 0 aliphatic rings. The lowest BCUT2D eigenvalue weighted by atomic mass is 10.2. The Balaban J connectivity index is 2.32. The summed E-state index contributed by atoms with van der Waals surface area (Å²) in [5.41, 5.74) is 2.00. The quantitative estimate of drug-likeness (QED) is 0.841. The number of halogens is 1. The molecule has 84 valence electrons. The first kappa shape index (κ1) is 11.8. The summed E-state index contributed by atoms with van der Waals surface area (Å²) >= 11 is 8.90. The SMILES string of the molecule is Cc1nnc(Sc2nnc(Cl)c(C)c2C)s1. The second-order valence-corrected chi connectivity index (χ2v) is 6.01. The Labute approximate surface area is 106 Å². The molecule has 7 heteroatoms. The van der Waals surface area contributed by atoms with Crippen LogP contribution in [0.1, 0.15) is 16.1 Å². The summed E-state index contributed by atoms with van der Waals surface area (Å²) < 4.78 is 0.872. The maximum absolute atomic E-state index is 5.88. The summed E-state index contributed by atoms with van der Waals surface area (Å²) in [5, 5.41) is 18.2. The molecule has 4 nitrogen and oxygen atoms in total. The van der Waals surface area contributed by atoms with Gasteiger partial charge in [-0.25, -0.2) is 0 Å². The van der Waals surface area contributed by atoms with Gasteiger partial charge in [0.2, 0.25) is 0 Å². The van der Waals surface area contributed by atoms with Crippen molar-refractivity contribution in [1.29, 1.82) is 0 Å². The van der Waals surface area contributed by atoms with Crippen LogP contribution in [0.5, 0.6) is 0 Å². The second-order valence-electron chi connectivity index (χ2n) is 3.24. The summed E-state index contributed by atoms with van der Waals surface area (Å²) in [7, 11) is 0. The van der Waals surface area contributed by atoms with Gasteiger partial charge in [0.05, 0.1) is 0 Å². The predicted molar refractivity (Wildman–Crippen MR) is 65.3 cm³/mol. The molecule has 0 amide bonds. The van der Waals surface area contributed by atoms with E-state index in [2.05, 4.69) is 20.4 Å². The number of nitrogens with zero attached hydrogens (tertiary/aromatic N) is 4. The average molecular weight is 273 g/mol. The fourth-order valence-electron chi connectivity index (χ4n) is 1.05.